The third-order valence-electron chi connectivity index (χ3n) is 4.27. The highest BCUT2D eigenvalue weighted by Gasteiger charge is 2.28. The highest BCUT2D eigenvalue weighted by Crippen LogP contribution is 2.27. The lowest BCUT2D eigenvalue weighted by Gasteiger charge is -2.30. The third kappa shape index (κ3) is 2.60. The van der Waals surface area contributed by atoms with Gasteiger partial charge in [-0.15, -0.1) is 26.6 Å². The first-order valence-electron chi connectivity index (χ1n) is 7.70. The van der Waals surface area contributed by atoms with E-state index in [-0.39, 0.29) is 11.8 Å². The van der Waals surface area contributed by atoms with Crippen molar-refractivity contribution < 1.29 is 9.53 Å². The van der Waals surface area contributed by atoms with Crippen LogP contribution in [0, 0.1) is 0 Å². The molecule has 1 amide bonds. The Hall–Kier alpha value is -2.55. The molecule has 0 aromatic carbocycles. The first-order valence-corrected chi connectivity index (χ1v) is 8.64. The van der Waals surface area contributed by atoms with Gasteiger partial charge in [0.05, 0.1) is 12.6 Å². The summed E-state index contributed by atoms with van der Waals surface area (Å²) in [5.74, 6) is 1.57. The van der Waals surface area contributed by atoms with Gasteiger partial charge < -0.3 is 9.64 Å². The van der Waals surface area contributed by atoms with E-state index in [4.69, 9.17) is 4.74 Å². The molecule has 0 N–H and O–H groups in total. The van der Waals surface area contributed by atoms with Crippen molar-refractivity contribution in [3.05, 3.63) is 34.5 Å². The summed E-state index contributed by atoms with van der Waals surface area (Å²) < 4.78 is 6.92. The summed E-state index contributed by atoms with van der Waals surface area (Å²) in [6, 6.07) is 3.60. The molecule has 9 heteroatoms. The van der Waals surface area contributed by atoms with Gasteiger partial charge in [-0.25, -0.2) is 4.98 Å². The van der Waals surface area contributed by atoms with Crippen molar-refractivity contribution in [3.63, 3.8) is 0 Å². The van der Waals surface area contributed by atoms with Crippen LogP contribution in [0.25, 0.3) is 5.65 Å². The van der Waals surface area contributed by atoms with Gasteiger partial charge >= 0.3 is 0 Å². The molecule has 1 aliphatic rings. The van der Waals surface area contributed by atoms with Gasteiger partial charge in [-0.2, -0.15) is 4.52 Å². The summed E-state index contributed by atoms with van der Waals surface area (Å²) in [4.78, 5) is 18.3. The van der Waals surface area contributed by atoms with E-state index < -0.39 is 0 Å². The number of carbonyl (C=O) groups is 1. The predicted molar refractivity (Wildman–Crippen MR) is 87.3 cm³/mol. The number of ether oxygens (including phenoxy) is 1. The summed E-state index contributed by atoms with van der Waals surface area (Å²) in [5.41, 5.74) is 2.91. The molecule has 0 bridgehead atoms. The second-order valence-corrected chi connectivity index (χ2v) is 6.36. The summed E-state index contributed by atoms with van der Waals surface area (Å²) >= 11 is 1.44. The number of nitrogens with zero attached hydrogens (tertiary/aromatic N) is 6. The average Bonchev–Trinajstić information content (AvgIpc) is 3.30. The first-order chi connectivity index (χ1) is 11.8. The number of likely N-dealkylation sites (tertiary alicyclic amines) is 1. The number of carbonyl (C=O) groups excluding carboxylic acids is 1. The zero-order valence-electron chi connectivity index (χ0n) is 13.1. The maximum Gasteiger partial charge on any atom is 0.273 e. The number of hydrogen-bond acceptors (Lipinski definition) is 7. The molecule has 1 saturated heterocycles. The number of piperidine rings is 1. The van der Waals surface area contributed by atoms with Gasteiger partial charge in [0.25, 0.3) is 5.91 Å². The molecule has 0 aliphatic carbocycles. The van der Waals surface area contributed by atoms with Crippen LogP contribution in [-0.4, -0.2) is 55.8 Å². The number of hydrogen-bond donors (Lipinski definition) is 0. The van der Waals surface area contributed by atoms with E-state index in [1.54, 1.807) is 28.6 Å². The van der Waals surface area contributed by atoms with Crippen LogP contribution < -0.4 is 4.74 Å². The van der Waals surface area contributed by atoms with Gasteiger partial charge in [0.2, 0.25) is 5.88 Å². The minimum atomic E-state index is 0.000552. The first kappa shape index (κ1) is 15.0. The Bertz CT molecular complexity index is 854. The average molecular weight is 344 g/mol. The van der Waals surface area contributed by atoms with Crippen molar-refractivity contribution in [2.75, 3.05) is 20.2 Å². The largest absolute Gasteiger partial charge is 0.480 e. The zero-order chi connectivity index (χ0) is 16.5. The van der Waals surface area contributed by atoms with Gasteiger partial charge in [-0.3, -0.25) is 4.79 Å². The Morgan fingerprint density at radius 1 is 1.29 bits per heavy atom. The van der Waals surface area contributed by atoms with E-state index in [9.17, 15) is 4.79 Å². The second-order valence-electron chi connectivity index (χ2n) is 5.64. The minimum absolute atomic E-state index is 0.000552. The maximum absolute atomic E-state index is 12.4. The van der Waals surface area contributed by atoms with Crippen LogP contribution in [0.1, 0.15) is 35.1 Å². The molecule has 1 fully saturated rings. The molecule has 8 nitrogen and oxygen atoms in total. The van der Waals surface area contributed by atoms with Crippen LogP contribution >= 0.6 is 11.3 Å². The third-order valence-corrected chi connectivity index (χ3v) is 4.86. The highest BCUT2D eigenvalue weighted by molar-refractivity contribution is 7.07. The number of fused-ring (bicyclic) bond motifs is 1. The normalized spacial score (nSPS) is 15.8. The standard InChI is InChI=1S/C15H16N6O2S/c1-23-13-3-2-12-17-18-14(21(12)19-13)10-4-6-20(7-5-10)15(22)11-8-24-9-16-11/h2-3,8-10H,4-7H2,1H3. The van der Waals surface area contributed by atoms with Crippen molar-refractivity contribution in [2.45, 2.75) is 18.8 Å². The quantitative estimate of drug-likeness (QED) is 0.717. The fourth-order valence-corrected chi connectivity index (χ4v) is 3.50. The lowest BCUT2D eigenvalue weighted by atomic mass is 9.96. The summed E-state index contributed by atoms with van der Waals surface area (Å²) in [7, 11) is 1.58. The van der Waals surface area contributed by atoms with Crippen molar-refractivity contribution >= 4 is 22.9 Å². The fraction of sp³-hybridized carbons (Fsp3) is 0.400. The zero-order valence-corrected chi connectivity index (χ0v) is 13.9. The number of rotatable bonds is 3. The molecular weight excluding hydrogens is 328 g/mol. The Morgan fingerprint density at radius 3 is 2.83 bits per heavy atom. The molecule has 124 valence electrons. The maximum atomic E-state index is 12.4. The van der Waals surface area contributed by atoms with E-state index in [1.165, 1.54) is 11.3 Å². The molecule has 0 atom stereocenters. The molecule has 4 heterocycles. The van der Waals surface area contributed by atoms with E-state index in [0.717, 1.165) is 18.7 Å². The van der Waals surface area contributed by atoms with Crippen LogP contribution in [0.3, 0.4) is 0 Å². The Kier molecular flexibility index (Phi) is 3.85. The molecular formula is C15H16N6O2S. The van der Waals surface area contributed by atoms with Crippen molar-refractivity contribution in [1.29, 1.82) is 0 Å². The van der Waals surface area contributed by atoms with Crippen LogP contribution in [0.5, 0.6) is 5.88 Å². The van der Waals surface area contributed by atoms with Crippen LogP contribution in [0.2, 0.25) is 0 Å². The van der Waals surface area contributed by atoms with E-state index >= 15 is 0 Å². The Balaban J connectivity index is 1.51. The second kappa shape index (κ2) is 6.16. The SMILES string of the molecule is COc1ccc2nnc(C3CCN(C(=O)c4cscn4)CC3)n2n1. The van der Waals surface area contributed by atoms with Crippen LogP contribution in [0.15, 0.2) is 23.0 Å². The number of methoxy groups -OCH3 is 1. The molecule has 0 radical (unpaired) electrons. The lowest BCUT2D eigenvalue weighted by molar-refractivity contribution is 0.0705. The summed E-state index contributed by atoms with van der Waals surface area (Å²) in [5, 5.41) is 14.7. The van der Waals surface area contributed by atoms with Crippen molar-refractivity contribution in [1.82, 2.24) is 29.7 Å². The van der Waals surface area contributed by atoms with E-state index in [0.29, 0.717) is 30.3 Å². The van der Waals surface area contributed by atoms with Gasteiger partial charge in [0.15, 0.2) is 11.5 Å². The molecule has 1 aliphatic heterocycles. The number of aromatic nitrogens is 5. The summed E-state index contributed by atoms with van der Waals surface area (Å²) in [6.45, 7) is 1.36. The molecule has 0 saturated carbocycles. The van der Waals surface area contributed by atoms with Gasteiger partial charge in [0, 0.05) is 30.5 Å². The van der Waals surface area contributed by atoms with Gasteiger partial charge in [-0.05, 0) is 18.9 Å². The molecule has 3 aromatic rings. The van der Waals surface area contributed by atoms with Gasteiger partial charge in [-0.1, -0.05) is 0 Å². The predicted octanol–water partition coefficient (Wildman–Crippen LogP) is 1.61. The monoisotopic (exact) mass is 344 g/mol. The smallest absolute Gasteiger partial charge is 0.273 e. The van der Waals surface area contributed by atoms with Crippen molar-refractivity contribution in [2.24, 2.45) is 0 Å². The van der Waals surface area contributed by atoms with Crippen molar-refractivity contribution in [3.8, 4) is 5.88 Å². The van der Waals surface area contributed by atoms with Crippen LogP contribution in [-0.2, 0) is 0 Å². The Labute approximate surface area is 142 Å². The minimum Gasteiger partial charge on any atom is -0.480 e. The van der Waals surface area contributed by atoms with E-state index in [2.05, 4.69) is 20.3 Å². The molecule has 3 aromatic heterocycles. The lowest BCUT2D eigenvalue weighted by Crippen LogP contribution is -2.38. The highest BCUT2D eigenvalue weighted by atomic mass is 32.1. The number of thiazole rings is 1. The topological polar surface area (TPSA) is 85.5 Å². The summed E-state index contributed by atoms with van der Waals surface area (Å²) in [6.07, 6.45) is 1.66. The Morgan fingerprint density at radius 2 is 2.12 bits per heavy atom. The molecule has 24 heavy (non-hydrogen) atoms. The van der Waals surface area contributed by atoms with E-state index in [1.807, 2.05) is 11.0 Å². The molecule has 4 rings (SSSR count). The number of amides is 1. The van der Waals surface area contributed by atoms with Gasteiger partial charge in [0.1, 0.15) is 5.69 Å². The fourth-order valence-electron chi connectivity index (χ4n) is 2.97. The molecule has 0 spiro atoms. The van der Waals surface area contributed by atoms with Crippen LogP contribution in [0.4, 0.5) is 0 Å². The molecule has 0 unspecified atom stereocenters.